The number of H-pyrrole nitrogens is 1. The first kappa shape index (κ1) is 6.03. The Morgan fingerprint density at radius 3 is 2.89 bits per heavy atom. The van der Waals surface area contributed by atoms with Crippen LogP contribution in [0.2, 0.25) is 0 Å². The van der Waals surface area contributed by atoms with Crippen molar-refractivity contribution in [2.75, 3.05) is 0 Å². The van der Waals surface area contributed by atoms with Gasteiger partial charge in [0.1, 0.15) is 11.2 Å². The third kappa shape index (κ3) is 1.69. The van der Waals surface area contributed by atoms with E-state index in [1.165, 1.54) is 6.20 Å². The summed E-state index contributed by atoms with van der Waals surface area (Å²) in [6.07, 6.45) is 3.04. The average Bonchev–Trinajstić information content (AvgIpc) is 2.15. The molecule has 1 heterocycles. The summed E-state index contributed by atoms with van der Waals surface area (Å²) >= 11 is 0. The fraction of sp³-hybridized carbons (Fsp3) is 0. The van der Waals surface area contributed by atoms with Crippen LogP contribution in [0.25, 0.3) is 0 Å². The fourth-order valence-electron chi connectivity index (χ4n) is 0.433. The van der Waals surface area contributed by atoms with Crippen LogP contribution in [0.15, 0.2) is 12.4 Å². The van der Waals surface area contributed by atoms with E-state index in [9.17, 15) is 8.42 Å². The van der Waals surface area contributed by atoms with E-state index < -0.39 is 10.3 Å². The lowest BCUT2D eigenvalue weighted by molar-refractivity contribution is 0.627. The minimum absolute atomic E-state index is 0.350. The number of hydrogen-bond donors (Lipinski definition) is 1. The summed E-state index contributed by atoms with van der Waals surface area (Å²) in [6.45, 7) is 0. The quantitative estimate of drug-likeness (QED) is 0.537. The van der Waals surface area contributed by atoms with Crippen LogP contribution in [0, 0.1) is 0 Å². The highest BCUT2D eigenvalue weighted by molar-refractivity contribution is 7.71. The molecule has 4 nitrogen and oxygen atoms in total. The molecule has 0 unspecified atom stereocenters. The lowest BCUT2D eigenvalue weighted by Gasteiger charge is -1.71. The van der Waals surface area contributed by atoms with E-state index >= 15 is 0 Å². The second-order valence-corrected chi connectivity index (χ2v) is 2.11. The Balaban J connectivity index is 3.07. The molecule has 0 saturated heterocycles. The van der Waals surface area contributed by atoms with E-state index in [-0.39, 0.29) is 0 Å². The van der Waals surface area contributed by atoms with Crippen LogP contribution in [0.5, 0.6) is 0 Å². The van der Waals surface area contributed by atoms with E-state index in [1.807, 2.05) is 0 Å². The lowest BCUT2D eigenvalue weighted by Crippen LogP contribution is -1.82. The Morgan fingerprint density at radius 1 is 1.67 bits per heavy atom. The molecule has 0 aliphatic heterocycles. The Labute approximate surface area is 53.1 Å². The van der Waals surface area contributed by atoms with Gasteiger partial charge in [-0.1, -0.05) is 0 Å². The molecule has 0 saturated carbocycles. The second-order valence-electron chi connectivity index (χ2n) is 1.35. The van der Waals surface area contributed by atoms with Gasteiger partial charge in [0.05, 0.1) is 0 Å². The molecule has 1 aromatic rings. The van der Waals surface area contributed by atoms with Gasteiger partial charge < -0.3 is 4.98 Å². The Hall–Kier alpha value is -1.10. The van der Waals surface area contributed by atoms with E-state index in [1.54, 1.807) is 6.20 Å². The minimum atomic E-state index is -2.16. The molecule has 0 fully saturated rings. The molecule has 0 aromatic carbocycles. The van der Waals surface area contributed by atoms with Crippen LogP contribution in [0.4, 0.5) is 0 Å². The molecule has 9 heavy (non-hydrogen) atoms. The molecule has 0 aliphatic carbocycles. The summed E-state index contributed by atoms with van der Waals surface area (Å²) in [7, 11) is -2.16. The topological polar surface area (TPSA) is 62.8 Å². The van der Waals surface area contributed by atoms with Gasteiger partial charge in [-0.05, 0) is 0 Å². The zero-order valence-corrected chi connectivity index (χ0v) is 5.22. The van der Waals surface area contributed by atoms with Crippen LogP contribution in [0.1, 0.15) is 5.82 Å². The van der Waals surface area contributed by atoms with Crippen LogP contribution < -0.4 is 0 Å². The molecule has 5 heteroatoms. The number of nitrogens with one attached hydrogen (secondary N) is 1. The predicted molar refractivity (Wildman–Crippen MR) is 32.7 cm³/mol. The molecule has 0 aliphatic rings. The summed E-state index contributed by atoms with van der Waals surface area (Å²) in [5.74, 6) is 0.350. The molecule has 0 amide bonds. The summed E-state index contributed by atoms with van der Waals surface area (Å²) < 4.78 is 19.9. The number of aromatic nitrogens is 2. The van der Waals surface area contributed by atoms with Crippen molar-refractivity contribution < 1.29 is 8.42 Å². The van der Waals surface area contributed by atoms with E-state index in [4.69, 9.17) is 0 Å². The zero-order chi connectivity index (χ0) is 6.69. The molecular weight excluding hydrogens is 140 g/mol. The average molecular weight is 144 g/mol. The van der Waals surface area contributed by atoms with Gasteiger partial charge in [0, 0.05) is 12.4 Å². The number of nitrogens with zero attached hydrogens (tertiary/aromatic N) is 1. The molecule has 1 N–H and O–H groups in total. The molecule has 0 atom stereocenters. The molecule has 48 valence electrons. The van der Waals surface area contributed by atoms with Gasteiger partial charge in [0.15, 0.2) is 0 Å². The number of imidazole rings is 1. The van der Waals surface area contributed by atoms with Crippen molar-refractivity contribution in [2.45, 2.75) is 0 Å². The maximum atomic E-state index is 9.95. The number of aromatic amines is 1. The first-order chi connectivity index (χ1) is 4.29. The lowest BCUT2D eigenvalue weighted by atomic mass is 10.7. The van der Waals surface area contributed by atoms with Crippen molar-refractivity contribution in [3.63, 3.8) is 0 Å². The maximum Gasteiger partial charge on any atom is 0.217 e. The highest BCUT2D eigenvalue weighted by Crippen LogP contribution is 1.78. The van der Waals surface area contributed by atoms with Crippen molar-refractivity contribution in [3.8, 4) is 0 Å². The van der Waals surface area contributed by atoms with E-state index in [0.29, 0.717) is 5.82 Å². The Kier molecular flexibility index (Phi) is 1.64. The first-order valence-electron chi connectivity index (χ1n) is 2.21. The normalized spacial score (nSPS) is 8.89. The number of rotatable bonds is 1. The van der Waals surface area contributed by atoms with Crippen molar-refractivity contribution in [2.24, 2.45) is 0 Å². The van der Waals surface area contributed by atoms with Gasteiger partial charge in [-0.15, -0.1) is 0 Å². The van der Waals surface area contributed by atoms with Gasteiger partial charge in [-0.3, -0.25) is 0 Å². The smallest absolute Gasteiger partial charge is 0.217 e. The van der Waals surface area contributed by atoms with E-state index in [2.05, 4.69) is 9.97 Å². The minimum Gasteiger partial charge on any atom is -0.344 e. The van der Waals surface area contributed by atoms with Gasteiger partial charge >= 0.3 is 0 Å². The predicted octanol–water partition coefficient (Wildman–Crippen LogP) is -0.561. The zero-order valence-electron chi connectivity index (χ0n) is 4.40. The van der Waals surface area contributed by atoms with Gasteiger partial charge in [-0.2, -0.15) is 8.42 Å². The molecule has 1 rings (SSSR count). The van der Waals surface area contributed by atoms with Crippen molar-refractivity contribution in [3.05, 3.63) is 18.2 Å². The van der Waals surface area contributed by atoms with Gasteiger partial charge in [0.2, 0.25) is 10.3 Å². The van der Waals surface area contributed by atoms with Crippen LogP contribution in [-0.4, -0.2) is 23.8 Å². The molecule has 0 spiro atoms. The van der Waals surface area contributed by atoms with Gasteiger partial charge in [0.25, 0.3) is 0 Å². The fourth-order valence-corrected chi connectivity index (χ4v) is 0.744. The molecule has 1 aromatic heterocycles. The van der Waals surface area contributed by atoms with Crippen molar-refractivity contribution in [1.29, 1.82) is 0 Å². The summed E-state index contributed by atoms with van der Waals surface area (Å²) in [4.78, 5) is 6.26. The first-order valence-corrected chi connectivity index (χ1v) is 3.35. The SMILES string of the molecule is O=S(=O)=Cc1ncc[nH]1. The van der Waals surface area contributed by atoms with Crippen molar-refractivity contribution in [1.82, 2.24) is 9.97 Å². The summed E-state index contributed by atoms with van der Waals surface area (Å²) in [5, 5.41) is 1.000. The summed E-state index contributed by atoms with van der Waals surface area (Å²) in [6, 6.07) is 0. The highest BCUT2D eigenvalue weighted by Gasteiger charge is 1.84. The second kappa shape index (κ2) is 2.45. The van der Waals surface area contributed by atoms with Crippen LogP contribution >= 0.6 is 0 Å². The third-order valence-electron chi connectivity index (χ3n) is 0.727. The summed E-state index contributed by atoms with van der Waals surface area (Å²) in [5.41, 5.74) is 0. The van der Waals surface area contributed by atoms with Crippen LogP contribution in [-0.2, 0) is 10.3 Å². The third-order valence-corrected chi connectivity index (χ3v) is 1.14. The monoisotopic (exact) mass is 144 g/mol. The molecular formula is C4H4N2O2S. The molecule has 0 bridgehead atoms. The molecule has 0 radical (unpaired) electrons. The Bertz CT molecular complexity index is 289. The van der Waals surface area contributed by atoms with E-state index in [0.717, 1.165) is 5.37 Å². The number of hydrogen-bond acceptors (Lipinski definition) is 3. The largest absolute Gasteiger partial charge is 0.344 e. The standard InChI is InChI=1S/C4H4N2O2S/c7-9(8)3-4-5-1-2-6-4/h1-3H,(H,5,6). The van der Waals surface area contributed by atoms with Crippen LogP contribution in [0.3, 0.4) is 0 Å². The Morgan fingerprint density at radius 2 is 2.44 bits per heavy atom. The van der Waals surface area contributed by atoms with Gasteiger partial charge in [-0.25, -0.2) is 4.98 Å². The highest BCUT2D eigenvalue weighted by atomic mass is 32.2. The maximum absolute atomic E-state index is 9.95. The van der Waals surface area contributed by atoms with Crippen molar-refractivity contribution >= 4 is 15.7 Å².